The summed E-state index contributed by atoms with van der Waals surface area (Å²) in [4.78, 5) is 2.30. The van der Waals surface area contributed by atoms with Crippen LogP contribution >= 0.6 is 0 Å². The summed E-state index contributed by atoms with van der Waals surface area (Å²) in [7, 11) is 0. The van der Waals surface area contributed by atoms with E-state index in [1.807, 2.05) is 12.1 Å². The second kappa shape index (κ2) is 6.46. The molecule has 1 saturated heterocycles. The normalized spacial score (nSPS) is 16.9. The molecule has 27 heavy (non-hydrogen) atoms. The van der Waals surface area contributed by atoms with Gasteiger partial charge in [0.25, 0.3) is 0 Å². The van der Waals surface area contributed by atoms with E-state index < -0.39 is 0 Å². The van der Waals surface area contributed by atoms with Gasteiger partial charge in [-0.2, -0.15) is 4.52 Å². The van der Waals surface area contributed by atoms with Crippen LogP contribution in [0.4, 0.5) is 10.2 Å². The number of aromatic nitrogens is 4. The van der Waals surface area contributed by atoms with E-state index in [1.165, 1.54) is 17.7 Å². The first-order valence-corrected chi connectivity index (χ1v) is 9.06. The maximum atomic E-state index is 13.2. The van der Waals surface area contributed by atoms with Crippen molar-refractivity contribution in [2.45, 2.75) is 12.3 Å². The zero-order valence-electron chi connectivity index (χ0n) is 14.7. The van der Waals surface area contributed by atoms with Crippen LogP contribution in [0.15, 0.2) is 66.7 Å². The van der Waals surface area contributed by atoms with Gasteiger partial charge in [-0.05, 0) is 48.4 Å². The van der Waals surface area contributed by atoms with Crippen molar-refractivity contribution < 1.29 is 4.39 Å². The molecule has 134 valence electrons. The van der Waals surface area contributed by atoms with Crippen LogP contribution in [-0.2, 0) is 0 Å². The summed E-state index contributed by atoms with van der Waals surface area (Å²) in [6.07, 6.45) is 1.11. The molecule has 1 unspecified atom stereocenters. The lowest BCUT2D eigenvalue weighted by Gasteiger charge is -2.17. The Hall–Kier alpha value is -3.28. The van der Waals surface area contributed by atoms with Crippen LogP contribution in [0.3, 0.4) is 0 Å². The van der Waals surface area contributed by atoms with Crippen LogP contribution in [0.25, 0.3) is 17.0 Å². The van der Waals surface area contributed by atoms with Crippen LogP contribution in [0.1, 0.15) is 17.9 Å². The predicted molar refractivity (Wildman–Crippen MR) is 102 cm³/mol. The van der Waals surface area contributed by atoms with E-state index in [4.69, 9.17) is 5.10 Å². The lowest BCUT2D eigenvalue weighted by atomic mass is 9.99. The van der Waals surface area contributed by atoms with Gasteiger partial charge >= 0.3 is 0 Å². The molecule has 0 amide bonds. The third kappa shape index (κ3) is 2.93. The molecule has 1 aliphatic heterocycles. The molecular weight excluding hydrogens is 341 g/mol. The van der Waals surface area contributed by atoms with Crippen LogP contribution in [0, 0.1) is 5.82 Å². The molecule has 0 radical (unpaired) electrons. The Labute approximate surface area is 156 Å². The van der Waals surface area contributed by atoms with E-state index in [0.717, 1.165) is 30.9 Å². The third-order valence-electron chi connectivity index (χ3n) is 5.13. The van der Waals surface area contributed by atoms with Crippen LogP contribution in [0.2, 0.25) is 0 Å². The molecule has 5 rings (SSSR count). The second-order valence-electron chi connectivity index (χ2n) is 6.83. The van der Waals surface area contributed by atoms with Crippen molar-refractivity contribution in [3.05, 3.63) is 78.1 Å². The molecule has 6 heteroatoms. The van der Waals surface area contributed by atoms with Gasteiger partial charge in [0, 0.05) is 24.6 Å². The fourth-order valence-electron chi connectivity index (χ4n) is 3.69. The number of benzene rings is 2. The van der Waals surface area contributed by atoms with Crippen LogP contribution < -0.4 is 4.90 Å². The van der Waals surface area contributed by atoms with Crippen LogP contribution in [-0.4, -0.2) is 32.9 Å². The smallest absolute Gasteiger partial charge is 0.185 e. The highest BCUT2D eigenvalue weighted by atomic mass is 19.1. The van der Waals surface area contributed by atoms with Gasteiger partial charge in [-0.1, -0.05) is 30.3 Å². The lowest BCUT2D eigenvalue weighted by Crippen LogP contribution is -2.21. The Bertz CT molecular complexity index is 1070. The van der Waals surface area contributed by atoms with Gasteiger partial charge in [0.05, 0.1) is 0 Å². The largest absolute Gasteiger partial charge is 0.355 e. The van der Waals surface area contributed by atoms with Gasteiger partial charge in [0.1, 0.15) is 11.6 Å². The highest BCUT2D eigenvalue weighted by Gasteiger charge is 2.25. The molecule has 0 spiro atoms. The van der Waals surface area contributed by atoms with Crippen molar-refractivity contribution in [3.63, 3.8) is 0 Å². The first kappa shape index (κ1) is 15.9. The number of hydrogen-bond donors (Lipinski definition) is 0. The Morgan fingerprint density at radius 2 is 1.70 bits per heavy atom. The zero-order valence-corrected chi connectivity index (χ0v) is 14.7. The van der Waals surface area contributed by atoms with Gasteiger partial charge in [-0.3, -0.25) is 0 Å². The molecule has 2 aromatic carbocycles. The molecule has 1 atom stereocenters. The fraction of sp³-hybridized carbons (Fsp3) is 0.190. The monoisotopic (exact) mass is 359 g/mol. The molecule has 4 aromatic rings. The average Bonchev–Trinajstić information content (AvgIpc) is 3.36. The molecule has 0 bridgehead atoms. The van der Waals surface area contributed by atoms with Crippen molar-refractivity contribution >= 4 is 11.5 Å². The SMILES string of the molecule is Fc1ccc(-c2nnc3ccc(N4CCC(c5ccccc5)C4)nn23)cc1. The molecule has 5 nitrogen and oxygen atoms in total. The summed E-state index contributed by atoms with van der Waals surface area (Å²) in [6, 6.07) is 20.8. The molecule has 0 saturated carbocycles. The van der Waals surface area contributed by atoms with Gasteiger partial charge < -0.3 is 4.90 Å². The standard InChI is InChI=1S/C21H18FN5/c22-18-8-6-16(7-9-18)21-24-23-19-10-11-20(25-27(19)21)26-13-12-17(14-26)15-4-2-1-3-5-15/h1-11,17H,12-14H2. The fourth-order valence-corrected chi connectivity index (χ4v) is 3.69. The second-order valence-corrected chi connectivity index (χ2v) is 6.83. The molecule has 1 aliphatic rings. The third-order valence-corrected chi connectivity index (χ3v) is 5.13. The number of halogens is 1. The maximum Gasteiger partial charge on any atom is 0.185 e. The number of rotatable bonds is 3. The summed E-state index contributed by atoms with van der Waals surface area (Å²) < 4.78 is 15.0. The van der Waals surface area contributed by atoms with Crippen molar-refractivity contribution in [1.82, 2.24) is 19.8 Å². The lowest BCUT2D eigenvalue weighted by molar-refractivity contribution is 0.628. The number of hydrogen-bond acceptors (Lipinski definition) is 4. The predicted octanol–water partition coefficient (Wildman–Crippen LogP) is 3.92. The van der Waals surface area contributed by atoms with E-state index in [2.05, 4.69) is 45.4 Å². The number of anilines is 1. The highest BCUT2D eigenvalue weighted by Crippen LogP contribution is 2.30. The Morgan fingerprint density at radius 1 is 0.889 bits per heavy atom. The van der Waals surface area contributed by atoms with E-state index in [1.54, 1.807) is 16.6 Å². The minimum absolute atomic E-state index is 0.273. The minimum Gasteiger partial charge on any atom is -0.355 e. The Kier molecular flexibility index (Phi) is 3.81. The first-order valence-electron chi connectivity index (χ1n) is 9.06. The van der Waals surface area contributed by atoms with Crippen molar-refractivity contribution in [3.8, 4) is 11.4 Å². The molecule has 0 aliphatic carbocycles. The molecule has 1 fully saturated rings. The van der Waals surface area contributed by atoms with E-state index in [0.29, 0.717) is 17.4 Å². The topological polar surface area (TPSA) is 46.3 Å². The van der Waals surface area contributed by atoms with Crippen molar-refractivity contribution in [2.75, 3.05) is 18.0 Å². The van der Waals surface area contributed by atoms with Gasteiger partial charge in [-0.25, -0.2) is 4.39 Å². The summed E-state index contributed by atoms with van der Waals surface area (Å²) in [5, 5.41) is 13.2. The quantitative estimate of drug-likeness (QED) is 0.556. The van der Waals surface area contributed by atoms with E-state index >= 15 is 0 Å². The van der Waals surface area contributed by atoms with Crippen molar-refractivity contribution in [2.24, 2.45) is 0 Å². The highest BCUT2D eigenvalue weighted by molar-refractivity contribution is 5.59. The number of nitrogens with zero attached hydrogens (tertiary/aromatic N) is 5. The summed E-state index contributed by atoms with van der Waals surface area (Å²) in [6.45, 7) is 1.91. The van der Waals surface area contributed by atoms with Gasteiger partial charge in [0.2, 0.25) is 0 Å². The maximum absolute atomic E-state index is 13.2. The van der Waals surface area contributed by atoms with Crippen molar-refractivity contribution in [1.29, 1.82) is 0 Å². The molecular formula is C21H18FN5. The van der Waals surface area contributed by atoms with Gasteiger partial charge in [-0.15, -0.1) is 15.3 Å². The van der Waals surface area contributed by atoms with Crippen LogP contribution in [0.5, 0.6) is 0 Å². The molecule has 2 aromatic heterocycles. The Balaban J connectivity index is 1.46. The van der Waals surface area contributed by atoms with E-state index in [-0.39, 0.29) is 5.82 Å². The summed E-state index contributed by atoms with van der Waals surface area (Å²) in [5.74, 6) is 1.76. The Morgan fingerprint density at radius 3 is 2.52 bits per heavy atom. The minimum atomic E-state index is -0.273. The van der Waals surface area contributed by atoms with Gasteiger partial charge in [0.15, 0.2) is 11.5 Å². The van der Waals surface area contributed by atoms with E-state index in [9.17, 15) is 4.39 Å². The average molecular weight is 359 g/mol. The molecule has 0 N–H and O–H groups in total. The molecule has 3 heterocycles. The first-order chi connectivity index (χ1) is 13.3. The zero-order chi connectivity index (χ0) is 18.2. The number of fused-ring (bicyclic) bond motifs is 1. The summed E-state index contributed by atoms with van der Waals surface area (Å²) in [5.41, 5.74) is 2.84. The summed E-state index contributed by atoms with van der Waals surface area (Å²) >= 11 is 0.